The number of para-hydroxylation sites is 1. The normalized spacial score (nSPS) is 12.0. The molecule has 0 spiro atoms. The first-order valence-corrected chi connectivity index (χ1v) is 9.10. The summed E-state index contributed by atoms with van der Waals surface area (Å²) in [5.41, 5.74) is 1.14. The Morgan fingerprint density at radius 3 is 2.81 bits per heavy atom. The maximum Gasteiger partial charge on any atom is 0.234 e. The molecule has 114 valence electrons. The molecule has 0 saturated carbocycles. The molecule has 0 fully saturated rings. The lowest BCUT2D eigenvalue weighted by Gasteiger charge is -2.12. The van der Waals surface area contributed by atoms with E-state index < -0.39 is 10.0 Å². The van der Waals surface area contributed by atoms with E-state index in [2.05, 4.69) is 31.0 Å². The molecule has 0 bridgehead atoms. The Morgan fingerprint density at radius 1 is 1.33 bits per heavy atom. The lowest BCUT2D eigenvalue weighted by Crippen LogP contribution is -2.31. The lowest BCUT2D eigenvalue weighted by molar-refractivity contribution is 0.582. The van der Waals surface area contributed by atoms with E-state index in [4.69, 9.17) is 0 Å². The van der Waals surface area contributed by atoms with Gasteiger partial charge in [0.15, 0.2) is 0 Å². The van der Waals surface area contributed by atoms with Crippen molar-refractivity contribution in [3.63, 3.8) is 0 Å². The van der Waals surface area contributed by atoms with Crippen LogP contribution in [0.25, 0.3) is 10.9 Å². The van der Waals surface area contributed by atoms with Crippen molar-refractivity contribution in [3.8, 4) is 0 Å². The highest BCUT2D eigenvalue weighted by molar-refractivity contribution is 9.10. The smallest absolute Gasteiger partial charge is 0.234 e. The highest BCUT2D eigenvalue weighted by Crippen LogP contribution is 2.24. The number of benzene rings is 1. The first-order valence-electron chi connectivity index (χ1n) is 6.65. The van der Waals surface area contributed by atoms with Crippen LogP contribution in [0.2, 0.25) is 0 Å². The van der Waals surface area contributed by atoms with E-state index in [1.54, 1.807) is 18.3 Å². The fraction of sp³-hybridized carbons (Fsp3) is 0.357. The summed E-state index contributed by atoms with van der Waals surface area (Å²) in [4.78, 5) is 4.28. The van der Waals surface area contributed by atoms with E-state index in [0.717, 1.165) is 9.86 Å². The Labute approximate surface area is 133 Å². The molecule has 0 amide bonds. The number of fused-ring (bicyclic) bond motifs is 1. The van der Waals surface area contributed by atoms with Crippen LogP contribution in [0.3, 0.4) is 0 Å². The summed E-state index contributed by atoms with van der Waals surface area (Å²) in [6.07, 6.45) is 1.65. The predicted octanol–water partition coefficient (Wildman–Crippen LogP) is 2.74. The molecule has 0 atom stereocenters. The fourth-order valence-corrected chi connectivity index (χ4v) is 3.25. The Hall–Kier alpha value is -1.18. The SMILES string of the molecule is CC(C)NCCS(=O)(=O)Nc1cccc2cc(Br)cnc12. The Balaban J connectivity index is 2.19. The van der Waals surface area contributed by atoms with Gasteiger partial charge in [-0.2, -0.15) is 0 Å². The maximum absolute atomic E-state index is 12.1. The van der Waals surface area contributed by atoms with E-state index >= 15 is 0 Å². The van der Waals surface area contributed by atoms with Crippen LogP contribution in [0.15, 0.2) is 34.9 Å². The number of nitrogens with one attached hydrogen (secondary N) is 2. The number of rotatable bonds is 6. The fourth-order valence-electron chi connectivity index (χ4n) is 1.92. The first kappa shape index (κ1) is 16.2. The molecule has 0 unspecified atom stereocenters. The second-order valence-electron chi connectivity index (χ2n) is 5.06. The summed E-state index contributed by atoms with van der Waals surface area (Å²) >= 11 is 3.36. The van der Waals surface area contributed by atoms with E-state index in [9.17, 15) is 8.42 Å². The third-order valence-corrected chi connectivity index (χ3v) is 4.57. The van der Waals surface area contributed by atoms with Crippen molar-refractivity contribution >= 4 is 42.5 Å². The largest absolute Gasteiger partial charge is 0.313 e. The molecule has 0 radical (unpaired) electrons. The van der Waals surface area contributed by atoms with Crippen molar-refractivity contribution in [3.05, 3.63) is 34.9 Å². The topological polar surface area (TPSA) is 71.1 Å². The van der Waals surface area contributed by atoms with Gasteiger partial charge in [0.1, 0.15) is 0 Å². The number of sulfonamides is 1. The molecule has 21 heavy (non-hydrogen) atoms. The maximum atomic E-state index is 12.1. The third kappa shape index (κ3) is 4.66. The molecule has 5 nitrogen and oxygen atoms in total. The molecule has 0 saturated heterocycles. The predicted molar refractivity (Wildman–Crippen MR) is 90.0 cm³/mol. The minimum Gasteiger partial charge on any atom is -0.313 e. The van der Waals surface area contributed by atoms with Crippen LogP contribution in [-0.4, -0.2) is 31.7 Å². The van der Waals surface area contributed by atoms with E-state index in [1.807, 2.05) is 26.0 Å². The van der Waals surface area contributed by atoms with Gasteiger partial charge in [-0.25, -0.2) is 8.42 Å². The highest BCUT2D eigenvalue weighted by Gasteiger charge is 2.13. The molecule has 1 aromatic heterocycles. The Kier molecular flexibility index (Phi) is 5.18. The van der Waals surface area contributed by atoms with E-state index in [1.165, 1.54) is 0 Å². The van der Waals surface area contributed by atoms with Crippen molar-refractivity contribution in [2.45, 2.75) is 19.9 Å². The standard InChI is InChI=1S/C14H18BrN3O2S/c1-10(2)16-6-7-21(19,20)18-13-5-3-4-11-8-12(15)9-17-14(11)13/h3-5,8-10,16,18H,6-7H2,1-2H3. The summed E-state index contributed by atoms with van der Waals surface area (Å²) < 4.78 is 27.7. The van der Waals surface area contributed by atoms with Gasteiger partial charge in [-0.05, 0) is 28.1 Å². The molecule has 2 aromatic rings. The van der Waals surface area contributed by atoms with Gasteiger partial charge in [0, 0.05) is 28.6 Å². The number of hydrogen-bond acceptors (Lipinski definition) is 4. The van der Waals surface area contributed by atoms with Gasteiger partial charge in [-0.15, -0.1) is 0 Å². The second kappa shape index (κ2) is 6.72. The van der Waals surface area contributed by atoms with Gasteiger partial charge in [0.25, 0.3) is 0 Å². The molecule has 0 aliphatic rings. The van der Waals surface area contributed by atoms with Crippen molar-refractivity contribution in [2.24, 2.45) is 0 Å². The van der Waals surface area contributed by atoms with Gasteiger partial charge in [-0.3, -0.25) is 9.71 Å². The molecule has 7 heteroatoms. The zero-order chi connectivity index (χ0) is 15.5. The number of aromatic nitrogens is 1. The summed E-state index contributed by atoms with van der Waals surface area (Å²) in [6, 6.07) is 7.58. The first-order chi connectivity index (χ1) is 9.87. The molecule has 0 aliphatic heterocycles. The monoisotopic (exact) mass is 371 g/mol. The van der Waals surface area contributed by atoms with Crippen LogP contribution in [0.1, 0.15) is 13.8 Å². The van der Waals surface area contributed by atoms with Gasteiger partial charge >= 0.3 is 0 Å². The Bertz CT molecular complexity index is 732. The molecule has 1 aromatic carbocycles. The van der Waals surface area contributed by atoms with Crippen molar-refractivity contribution in [1.82, 2.24) is 10.3 Å². The van der Waals surface area contributed by atoms with Crippen molar-refractivity contribution in [2.75, 3.05) is 17.0 Å². The van der Waals surface area contributed by atoms with Crippen LogP contribution < -0.4 is 10.0 Å². The van der Waals surface area contributed by atoms with Gasteiger partial charge in [-0.1, -0.05) is 26.0 Å². The zero-order valence-corrected chi connectivity index (χ0v) is 14.3. The molecular weight excluding hydrogens is 354 g/mol. The lowest BCUT2D eigenvalue weighted by atomic mass is 10.2. The average Bonchev–Trinajstić information content (AvgIpc) is 2.37. The summed E-state index contributed by atoms with van der Waals surface area (Å²) in [7, 11) is -3.40. The number of halogens is 1. The molecule has 0 aliphatic carbocycles. The second-order valence-corrected chi connectivity index (χ2v) is 7.82. The zero-order valence-electron chi connectivity index (χ0n) is 11.9. The molecule has 1 heterocycles. The van der Waals surface area contributed by atoms with Gasteiger partial charge < -0.3 is 5.32 Å². The van der Waals surface area contributed by atoms with Crippen LogP contribution in [0.4, 0.5) is 5.69 Å². The highest BCUT2D eigenvalue weighted by atomic mass is 79.9. The van der Waals surface area contributed by atoms with Crippen molar-refractivity contribution in [1.29, 1.82) is 0 Å². The van der Waals surface area contributed by atoms with E-state index in [-0.39, 0.29) is 11.8 Å². The van der Waals surface area contributed by atoms with Crippen LogP contribution in [0, 0.1) is 0 Å². The van der Waals surface area contributed by atoms with Gasteiger partial charge in [0.05, 0.1) is 17.0 Å². The quantitative estimate of drug-likeness (QED) is 0.818. The summed E-state index contributed by atoms with van der Waals surface area (Å²) in [6.45, 7) is 4.37. The van der Waals surface area contributed by atoms with Crippen LogP contribution in [-0.2, 0) is 10.0 Å². The third-order valence-electron chi connectivity index (χ3n) is 2.87. The number of pyridine rings is 1. The number of nitrogens with zero attached hydrogens (tertiary/aromatic N) is 1. The summed E-state index contributed by atoms with van der Waals surface area (Å²) in [5, 5.41) is 3.97. The minimum absolute atomic E-state index is 0.0259. The summed E-state index contributed by atoms with van der Waals surface area (Å²) in [5.74, 6) is 0.0259. The van der Waals surface area contributed by atoms with Crippen molar-refractivity contribution < 1.29 is 8.42 Å². The van der Waals surface area contributed by atoms with E-state index in [0.29, 0.717) is 17.7 Å². The van der Waals surface area contributed by atoms with Crippen LogP contribution >= 0.6 is 15.9 Å². The van der Waals surface area contributed by atoms with Crippen LogP contribution in [0.5, 0.6) is 0 Å². The molecule has 2 rings (SSSR count). The average molecular weight is 372 g/mol. The number of anilines is 1. The van der Waals surface area contributed by atoms with Gasteiger partial charge in [0.2, 0.25) is 10.0 Å². The number of hydrogen-bond donors (Lipinski definition) is 2. The Morgan fingerprint density at radius 2 is 2.10 bits per heavy atom. The molecule has 2 N–H and O–H groups in total. The minimum atomic E-state index is -3.40. The molecular formula is C14H18BrN3O2S.